The monoisotopic (exact) mass is 366 g/mol. The zero-order chi connectivity index (χ0) is 18.2. The summed E-state index contributed by atoms with van der Waals surface area (Å²) in [4.78, 5) is 5.32. The van der Waals surface area contributed by atoms with Crippen molar-refractivity contribution in [3.05, 3.63) is 59.4 Å². The van der Waals surface area contributed by atoms with Crippen molar-refractivity contribution in [3.63, 3.8) is 0 Å². The quantitative estimate of drug-likeness (QED) is 0.737. The molecule has 0 saturated carbocycles. The second kappa shape index (κ2) is 7.16. The molecular weight excluding hydrogens is 339 g/mol. The molecule has 0 aliphatic carbocycles. The second-order valence-corrected chi connectivity index (χ2v) is 8.07. The van der Waals surface area contributed by atoms with Gasteiger partial charge < -0.3 is 14.5 Å². The highest BCUT2D eigenvalue weighted by Gasteiger charge is 2.43. The van der Waals surface area contributed by atoms with Crippen molar-refractivity contribution in [3.8, 4) is 5.75 Å². The van der Waals surface area contributed by atoms with E-state index in [0.717, 1.165) is 25.3 Å². The molecule has 5 rings (SSSR count). The molecule has 2 aromatic carbocycles. The number of anilines is 1. The van der Waals surface area contributed by atoms with Gasteiger partial charge in [0.25, 0.3) is 0 Å². The van der Waals surface area contributed by atoms with Gasteiger partial charge in [0, 0.05) is 43.8 Å². The summed E-state index contributed by atoms with van der Waals surface area (Å²) in [6.45, 7) is 5.32. The van der Waals surface area contributed by atoms with Crippen LogP contribution >= 0.6 is 0 Å². The smallest absolute Gasteiger partial charge is 0.123 e. The maximum absolute atomic E-state index is 12.9. The van der Waals surface area contributed by atoms with Gasteiger partial charge in [-0.2, -0.15) is 0 Å². The van der Waals surface area contributed by atoms with Gasteiger partial charge in [-0.25, -0.2) is 4.39 Å². The molecule has 0 amide bonds. The van der Waals surface area contributed by atoms with Crippen LogP contribution in [0.3, 0.4) is 0 Å². The van der Waals surface area contributed by atoms with Crippen molar-refractivity contribution in [2.24, 2.45) is 0 Å². The lowest BCUT2D eigenvalue weighted by Gasteiger charge is -2.40. The minimum atomic E-state index is -0.219. The fourth-order valence-corrected chi connectivity index (χ4v) is 5.24. The van der Waals surface area contributed by atoms with Crippen LogP contribution in [-0.4, -0.2) is 43.7 Å². The fourth-order valence-electron chi connectivity index (χ4n) is 5.24. The maximum Gasteiger partial charge on any atom is 0.123 e. The molecule has 27 heavy (non-hydrogen) atoms. The van der Waals surface area contributed by atoms with Crippen LogP contribution in [0.5, 0.6) is 5.75 Å². The number of hydrogen-bond acceptors (Lipinski definition) is 3. The van der Waals surface area contributed by atoms with Gasteiger partial charge in [-0.05, 0) is 61.1 Å². The van der Waals surface area contributed by atoms with E-state index >= 15 is 0 Å². The summed E-state index contributed by atoms with van der Waals surface area (Å²) in [5.74, 6) is 1.19. The Labute approximate surface area is 160 Å². The zero-order valence-corrected chi connectivity index (χ0v) is 15.7. The van der Waals surface area contributed by atoms with Gasteiger partial charge >= 0.3 is 0 Å². The van der Waals surface area contributed by atoms with Gasteiger partial charge in [-0.3, -0.25) is 0 Å². The number of rotatable bonds is 5. The first kappa shape index (κ1) is 17.1. The second-order valence-electron chi connectivity index (χ2n) is 8.07. The molecule has 0 N–H and O–H groups in total. The van der Waals surface area contributed by atoms with Crippen LogP contribution in [0.15, 0.2) is 42.5 Å². The Balaban J connectivity index is 1.18. The number of benzene rings is 2. The van der Waals surface area contributed by atoms with E-state index in [1.165, 1.54) is 44.5 Å². The van der Waals surface area contributed by atoms with E-state index < -0.39 is 0 Å². The molecule has 0 unspecified atom stereocenters. The minimum absolute atomic E-state index is 0.219. The molecule has 3 nitrogen and oxygen atoms in total. The lowest BCUT2D eigenvalue weighted by molar-refractivity contribution is 0.178. The van der Waals surface area contributed by atoms with E-state index in [1.54, 1.807) is 28.9 Å². The van der Waals surface area contributed by atoms with E-state index in [-0.39, 0.29) is 5.82 Å². The molecule has 0 aromatic heterocycles. The molecule has 3 aliphatic rings. The molecule has 1 saturated heterocycles. The molecular formula is C23H27FN2O. The number of para-hydroxylation sites is 1. The highest BCUT2D eigenvalue weighted by atomic mass is 19.1. The SMILES string of the molecule is Fc1ccc(OCCCN2CC[C@@H]3[C@H](C2)c2cccc4c2N3CCC4)cc1. The molecule has 4 heteroatoms. The summed E-state index contributed by atoms with van der Waals surface area (Å²) in [5.41, 5.74) is 4.72. The van der Waals surface area contributed by atoms with Crippen LogP contribution in [0.1, 0.15) is 36.3 Å². The van der Waals surface area contributed by atoms with Gasteiger partial charge in [0.15, 0.2) is 0 Å². The third-order valence-corrected chi connectivity index (χ3v) is 6.44. The number of ether oxygens (including phenoxy) is 1. The van der Waals surface area contributed by atoms with Crippen LogP contribution in [0.25, 0.3) is 0 Å². The summed E-state index contributed by atoms with van der Waals surface area (Å²) in [7, 11) is 0. The number of aryl methyl sites for hydroxylation is 1. The largest absolute Gasteiger partial charge is 0.494 e. The van der Waals surface area contributed by atoms with Gasteiger partial charge in [0.1, 0.15) is 11.6 Å². The molecule has 0 radical (unpaired) electrons. The van der Waals surface area contributed by atoms with Crippen LogP contribution in [-0.2, 0) is 6.42 Å². The first-order valence-electron chi connectivity index (χ1n) is 10.3. The molecule has 3 heterocycles. The Kier molecular flexibility index (Phi) is 4.52. The molecule has 3 aliphatic heterocycles. The van der Waals surface area contributed by atoms with Gasteiger partial charge in [-0.15, -0.1) is 0 Å². The lowest BCUT2D eigenvalue weighted by atomic mass is 9.88. The Morgan fingerprint density at radius 1 is 1.07 bits per heavy atom. The minimum Gasteiger partial charge on any atom is -0.494 e. The Bertz CT molecular complexity index is 807. The van der Waals surface area contributed by atoms with Crippen LogP contribution in [0, 0.1) is 5.82 Å². The lowest BCUT2D eigenvalue weighted by Crippen LogP contribution is -2.47. The summed E-state index contributed by atoms with van der Waals surface area (Å²) < 4.78 is 18.7. The number of halogens is 1. The number of nitrogens with zero attached hydrogens (tertiary/aromatic N) is 2. The third kappa shape index (κ3) is 3.20. The topological polar surface area (TPSA) is 15.7 Å². The van der Waals surface area contributed by atoms with E-state index in [2.05, 4.69) is 28.0 Å². The Hall–Kier alpha value is -2.07. The van der Waals surface area contributed by atoms with Gasteiger partial charge in [0.05, 0.1) is 6.61 Å². The molecule has 0 bridgehead atoms. The van der Waals surface area contributed by atoms with Crippen molar-refractivity contribution in [1.82, 2.24) is 4.90 Å². The first-order chi connectivity index (χ1) is 13.3. The average molecular weight is 366 g/mol. The number of likely N-dealkylation sites (tertiary alicyclic amines) is 1. The van der Waals surface area contributed by atoms with Gasteiger partial charge in [-0.1, -0.05) is 18.2 Å². The molecule has 2 aromatic rings. The Morgan fingerprint density at radius 3 is 2.85 bits per heavy atom. The highest BCUT2D eigenvalue weighted by Crippen LogP contribution is 2.48. The maximum atomic E-state index is 12.9. The summed E-state index contributed by atoms with van der Waals surface area (Å²) in [6.07, 6.45) is 4.80. The third-order valence-electron chi connectivity index (χ3n) is 6.44. The average Bonchev–Trinajstić information content (AvgIpc) is 3.02. The standard InChI is InChI=1S/C23H27FN2O/c24-18-7-9-19(10-8-18)27-15-3-12-25-14-11-22-21(16-25)20-6-1-4-17-5-2-13-26(22)23(17)20/h1,4,6-10,21-22H,2-3,5,11-16H2/t21-,22-/m1/s1. The molecule has 142 valence electrons. The van der Waals surface area contributed by atoms with Crippen molar-refractivity contribution >= 4 is 5.69 Å². The molecule has 0 spiro atoms. The van der Waals surface area contributed by atoms with Gasteiger partial charge in [0.2, 0.25) is 0 Å². The van der Waals surface area contributed by atoms with Crippen LogP contribution in [0.4, 0.5) is 10.1 Å². The van der Waals surface area contributed by atoms with Crippen molar-refractivity contribution in [1.29, 1.82) is 0 Å². The summed E-state index contributed by atoms with van der Waals surface area (Å²) in [6, 6.07) is 13.9. The first-order valence-corrected chi connectivity index (χ1v) is 10.3. The van der Waals surface area contributed by atoms with E-state index in [9.17, 15) is 4.39 Å². The number of hydrogen-bond donors (Lipinski definition) is 0. The van der Waals surface area contributed by atoms with Crippen LogP contribution in [0.2, 0.25) is 0 Å². The predicted octanol–water partition coefficient (Wildman–Crippen LogP) is 4.22. The van der Waals surface area contributed by atoms with Crippen LogP contribution < -0.4 is 9.64 Å². The number of piperidine rings is 1. The zero-order valence-electron chi connectivity index (χ0n) is 15.7. The predicted molar refractivity (Wildman–Crippen MR) is 106 cm³/mol. The highest BCUT2D eigenvalue weighted by molar-refractivity contribution is 5.68. The van der Waals surface area contributed by atoms with E-state index in [0.29, 0.717) is 18.6 Å². The summed E-state index contributed by atoms with van der Waals surface area (Å²) in [5, 5.41) is 0. The molecule has 1 fully saturated rings. The molecule has 2 atom stereocenters. The fraction of sp³-hybridized carbons (Fsp3) is 0.478. The van der Waals surface area contributed by atoms with Crippen molar-refractivity contribution in [2.75, 3.05) is 37.7 Å². The van der Waals surface area contributed by atoms with E-state index in [4.69, 9.17) is 4.74 Å². The number of fused-ring (bicyclic) bond motifs is 3. The summed E-state index contributed by atoms with van der Waals surface area (Å²) >= 11 is 0. The Morgan fingerprint density at radius 2 is 1.96 bits per heavy atom. The van der Waals surface area contributed by atoms with Crippen molar-refractivity contribution < 1.29 is 9.13 Å². The normalized spacial score (nSPS) is 23.8. The van der Waals surface area contributed by atoms with Crippen molar-refractivity contribution in [2.45, 2.75) is 37.6 Å². The van der Waals surface area contributed by atoms with E-state index in [1.807, 2.05) is 0 Å².